The van der Waals surface area contributed by atoms with E-state index < -0.39 is 5.82 Å². The largest absolute Gasteiger partial charge is 0.396 e. The van der Waals surface area contributed by atoms with Crippen molar-refractivity contribution in [2.24, 2.45) is 5.92 Å². The molecule has 2 rings (SSSR count). The number of rotatable bonds is 6. The van der Waals surface area contributed by atoms with Gasteiger partial charge in [0.2, 0.25) is 0 Å². The first-order valence-corrected chi connectivity index (χ1v) is 8.47. The molecule has 1 fully saturated rings. The summed E-state index contributed by atoms with van der Waals surface area (Å²) < 4.78 is 13.7. The minimum atomic E-state index is -0.450. The van der Waals surface area contributed by atoms with Crippen molar-refractivity contribution >= 4 is 6.03 Å². The first-order valence-electron chi connectivity index (χ1n) is 8.47. The van der Waals surface area contributed by atoms with Gasteiger partial charge in [-0.2, -0.15) is 5.26 Å². The van der Waals surface area contributed by atoms with Gasteiger partial charge in [0.1, 0.15) is 5.82 Å². The number of halogens is 1. The summed E-state index contributed by atoms with van der Waals surface area (Å²) in [5, 5.41) is 23.6. The van der Waals surface area contributed by atoms with E-state index in [1.165, 1.54) is 24.6 Å². The number of urea groups is 1. The minimum Gasteiger partial charge on any atom is -0.396 e. The molecule has 24 heavy (non-hydrogen) atoms. The van der Waals surface area contributed by atoms with Crippen LogP contribution in [-0.4, -0.2) is 23.8 Å². The summed E-state index contributed by atoms with van der Waals surface area (Å²) in [6.07, 6.45) is 6.18. The molecule has 1 aliphatic rings. The third-order valence-corrected chi connectivity index (χ3v) is 4.59. The van der Waals surface area contributed by atoms with Crippen LogP contribution in [0.3, 0.4) is 0 Å². The molecule has 5 nitrogen and oxygen atoms in total. The van der Waals surface area contributed by atoms with Gasteiger partial charge in [0, 0.05) is 24.8 Å². The number of carbonyl (C=O) groups excluding carboxylic acids is 1. The van der Waals surface area contributed by atoms with Crippen molar-refractivity contribution in [2.75, 3.05) is 6.61 Å². The highest BCUT2D eigenvalue weighted by atomic mass is 19.1. The van der Waals surface area contributed by atoms with E-state index in [0.29, 0.717) is 17.9 Å². The van der Waals surface area contributed by atoms with Crippen molar-refractivity contribution in [3.63, 3.8) is 0 Å². The molecule has 0 spiro atoms. The average Bonchev–Trinajstić information content (AvgIpc) is 2.61. The fourth-order valence-electron chi connectivity index (χ4n) is 3.28. The fraction of sp³-hybridized carbons (Fsp3) is 0.556. The average molecular weight is 333 g/mol. The maximum Gasteiger partial charge on any atom is 0.315 e. The number of aliphatic hydroxyl groups is 1. The topological polar surface area (TPSA) is 85.2 Å². The lowest BCUT2D eigenvalue weighted by molar-refractivity contribution is 0.196. The molecule has 0 aliphatic heterocycles. The molecule has 0 aromatic heterocycles. The van der Waals surface area contributed by atoms with E-state index >= 15 is 0 Å². The molecule has 1 unspecified atom stereocenters. The SMILES string of the molecule is N#Cc1ccc(F)c(CNC(=O)NC(CCO)C2CCCCC2)c1. The van der Waals surface area contributed by atoms with Crippen molar-refractivity contribution in [2.45, 2.75) is 51.1 Å². The lowest BCUT2D eigenvalue weighted by Crippen LogP contribution is -2.46. The molecule has 6 heteroatoms. The van der Waals surface area contributed by atoms with Gasteiger partial charge in [0.15, 0.2) is 0 Å². The van der Waals surface area contributed by atoms with Crippen LogP contribution in [-0.2, 0) is 6.54 Å². The summed E-state index contributed by atoms with van der Waals surface area (Å²) in [6.45, 7) is 0.0456. The zero-order chi connectivity index (χ0) is 17.4. The number of aliphatic hydroxyl groups excluding tert-OH is 1. The molecule has 0 bridgehead atoms. The Morgan fingerprint density at radius 1 is 1.38 bits per heavy atom. The Balaban J connectivity index is 1.90. The highest BCUT2D eigenvalue weighted by Gasteiger charge is 2.24. The molecule has 1 atom stereocenters. The summed E-state index contributed by atoms with van der Waals surface area (Å²) in [7, 11) is 0. The van der Waals surface area contributed by atoms with E-state index in [4.69, 9.17) is 5.26 Å². The second kappa shape index (κ2) is 9.24. The summed E-state index contributed by atoms with van der Waals surface area (Å²) in [4.78, 5) is 12.1. The smallest absolute Gasteiger partial charge is 0.315 e. The highest BCUT2D eigenvalue weighted by Crippen LogP contribution is 2.27. The van der Waals surface area contributed by atoms with Gasteiger partial charge < -0.3 is 15.7 Å². The Labute approximate surface area is 141 Å². The Kier molecular flexibility index (Phi) is 7.01. The molecular weight excluding hydrogens is 309 g/mol. The van der Waals surface area contributed by atoms with Crippen LogP contribution >= 0.6 is 0 Å². The summed E-state index contributed by atoms with van der Waals surface area (Å²) in [5.41, 5.74) is 0.634. The molecule has 130 valence electrons. The van der Waals surface area contributed by atoms with Crippen molar-refractivity contribution in [3.05, 3.63) is 35.1 Å². The number of carbonyl (C=O) groups is 1. The Morgan fingerprint density at radius 3 is 2.79 bits per heavy atom. The maximum absolute atomic E-state index is 13.7. The molecule has 1 saturated carbocycles. The van der Waals surface area contributed by atoms with Gasteiger partial charge in [-0.25, -0.2) is 9.18 Å². The molecule has 2 amide bonds. The van der Waals surface area contributed by atoms with E-state index in [9.17, 15) is 14.3 Å². The van der Waals surface area contributed by atoms with Crippen molar-refractivity contribution in [3.8, 4) is 6.07 Å². The van der Waals surface area contributed by atoms with Gasteiger partial charge in [-0.1, -0.05) is 19.3 Å². The van der Waals surface area contributed by atoms with Crippen LogP contribution in [0.1, 0.15) is 49.7 Å². The molecule has 1 aliphatic carbocycles. The van der Waals surface area contributed by atoms with Crippen LogP contribution in [0.4, 0.5) is 9.18 Å². The number of amides is 2. The fourth-order valence-corrected chi connectivity index (χ4v) is 3.28. The second-order valence-corrected chi connectivity index (χ2v) is 6.26. The van der Waals surface area contributed by atoms with Gasteiger partial charge in [0.05, 0.1) is 11.6 Å². The number of benzene rings is 1. The van der Waals surface area contributed by atoms with E-state index in [0.717, 1.165) is 25.7 Å². The van der Waals surface area contributed by atoms with E-state index in [-0.39, 0.29) is 30.8 Å². The molecule has 0 heterocycles. The zero-order valence-electron chi connectivity index (χ0n) is 13.7. The van der Waals surface area contributed by atoms with Crippen molar-refractivity contribution < 1.29 is 14.3 Å². The van der Waals surface area contributed by atoms with Gasteiger partial charge >= 0.3 is 6.03 Å². The first-order chi connectivity index (χ1) is 11.6. The summed E-state index contributed by atoms with van der Waals surface area (Å²) in [5.74, 6) is -0.0659. The minimum absolute atomic E-state index is 0.0176. The molecule has 1 aromatic rings. The number of nitriles is 1. The zero-order valence-corrected chi connectivity index (χ0v) is 13.7. The Hall–Kier alpha value is -2.13. The van der Waals surface area contributed by atoms with Crippen LogP contribution in [0, 0.1) is 23.1 Å². The van der Waals surface area contributed by atoms with Crippen LogP contribution in [0.15, 0.2) is 18.2 Å². The van der Waals surface area contributed by atoms with Crippen LogP contribution < -0.4 is 10.6 Å². The standard InChI is InChI=1S/C18H24FN3O2/c19-16-7-6-13(11-20)10-15(16)12-21-18(24)22-17(8-9-23)14-4-2-1-3-5-14/h6-7,10,14,17,23H,1-5,8-9,12H2,(H2,21,22,24). The maximum atomic E-state index is 13.7. The molecule has 0 radical (unpaired) electrons. The van der Waals surface area contributed by atoms with E-state index in [1.807, 2.05) is 6.07 Å². The lowest BCUT2D eigenvalue weighted by atomic mass is 9.83. The highest BCUT2D eigenvalue weighted by molar-refractivity contribution is 5.74. The number of nitrogens with zero attached hydrogens (tertiary/aromatic N) is 1. The van der Waals surface area contributed by atoms with Gasteiger partial charge in [-0.3, -0.25) is 0 Å². The van der Waals surface area contributed by atoms with E-state index in [1.54, 1.807) is 0 Å². The van der Waals surface area contributed by atoms with E-state index in [2.05, 4.69) is 10.6 Å². The number of hydrogen-bond acceptors (Lipinski definition) is 3. The summed E-state index contributed by atoms with van der Waals surface area (Å²) >= 11 is 0. The van der Waals surface area contributed by atoms with Crippen LogP contribution in [0.25, 0.3) is 0 Å². The predicted molar refractivity (Wildman–Crippen MR) is 88.6 cm³/mol. The number of nitrogens with one attached hydrogen (secondary N) is 2. The predicted octanol–water partition coefficient (Wildman–Crippen LogP) is 2.83. The van der Waals surface area contributed by atoms with Gasteiger partial charge in [-0.05, 0) is 43.4 Å². The van der Waals surface area contributed by atoms with Crippen LogP contribution in [0.5, 0.6) is 0 Å². The first kappa shape index (κ1) is 18.2. The third kappa shape index (κ3) is 5.20. The molecule has 0 saturated heterocycles. The second-order valence-electron chi connectivity index (χ2n) is 6.26. The normalized spacial score (nSPS) is 16.2. The Bertz CT molecular complexity index is 594. The summed E-state index contributed by atoms with van der Waals surface area (Å²) in [6, 6.07) is 5.57. The van der Waals surface area contributed by atoms with Crippen molar-refractivity contribution in [1.82, 2.24) is 10.6 Å². The quantitative estimate of drug-likeness (QED) is 0.748. The molecule has 1 aromatic carbocycles. The molecule has 3 N–H and O–H groups in total. The van der Waals surface area contributed by atoms with Gasteiger partial charge in [0.25, 0.3) is 0 Å². The lowest BCUT2D eigenvalue weighted by Gasteiger charge is -2.30. The monoisotopic (exact) mass is 333 g/mol. The number of hydrogen-bond donors (Lipinski definition) is 3. The van der Waals surface area contributed by atoms with Crippen LogP contribution in [0.2, 0.25) is 0 Å². The van der Waals surface area contributed by atoms with Crippen molar-refractivity contribution in [1.29, 1.82) is 5.26 Å². The Morgan fingerprint density at radius 2 is 2.12 bits per heavy atom. The molecular formula is C18H24FN3O2. The van der Waals surface area contributed by atoms with Gasteiger partial charge in [-0.15, -0.1) is 0 Å². The third-order valence-electron chi connectivity index (χ3n) is 4.59.